The van der Waals surface area contributed by atoms with Gasteiger partial charge in [-0.25, -0.2) is 5.43 Å². The van der Waals surface area contributed by atoms with Gasteiger partial charge in [0.25, 0.3) is 5.91 Å². The number of methoxy groups -OCH3 is 1. The Labute approximate surface area is 139 Å². The molecule has 1 aromatic heterocycles. The SMILES string of the molecule is COc1c(Cl)cc(Cl)cc1C=NNC(=O)c1[nH]ncc1[N+](=O)[O-]. The van der Waals surface area contributed by atoms with E-state index >= 15 is 0 Å². The molecule has 2 N–H and O–H groups in total. The van der Waals surface area contributed by atoms with E-state index in [1.54, 1.807) is 0 Å². The molecule has 0 aliphatic heterocycles. The van der Waals surface area contributed by atoms with Crippen molar-refractivity contribution in [3.05, 3.63) is 49.7 Å². The average Bonchev–Trinajstić information content (AvgIpc) is 2.96. The molecule has 1 heterocycles. The van der Waals surface area contributed by atoms with E-state index < -0.39 is 16.5 Å². The van der Waals surface area contributed by atoms with E-state index in [2.05, 4.69) is 20.7 Å². The Morgan fingerprint density at radius 3 is 2.91 bits per heavy atom. The van der Waals surface area contributed by atoms with Gasteiger partial charge in [0.1, 0.15) is 11.9 Å². The predicted octanol–water partition coefficient (Wildman–Crippen LogP) is 2.40. The van der Waals surface area contributed by atoms with Crippen molar-refractivity contribution in [1.82, 2.24) is 15.6 Å². The maximum absolute atomic E-state index is 11.8. The number of benzene rings is 1. The molecular weight excluding hydrogens is 349 g/mol. The molecule has 1 amide bonds. The topological polar surface area (TPSA) is 123 Å². The van der Waals surface area contributed by atoms with Gasteiger partial charge in [0.15, 0.2) is 0 Å². The zero-order valence-corrected chi connectivity index (χ0v) is 13.1. The van der Waals surface area contributed by atoms with Crippen LogP contribution < -0.4 is 10.2 Å². The summed E-state index contributed by atoms with van der Waals surface area (Å²) in [6, 6.07) is 3.02. The number of carbonyl (C=O) groups is 1. The number of halogens is 2. The fraction of sp³-hybridized carbons (Fsp3) is 0.0833. The first-order valence-corrected chi connectivity index (χ1v) is 6.73. The van der Waals surface area contributed by atoms with Gasteiger partial charge in [-0.1, -0.05) is 23.2 Å². The predicted molar refractivity (Wildman–Crippen MR) is 83.3 cm³/mol. The van der Waals surface area contributed by atoms with E-state index in [9.17, 15) is 14.9 Å². The highest BCUT2D eigenvalue weighted by atomic mass is 35.5. The van der Waals surface area contributed by atoms with Gasteiger partial charge in [0, 0.05) is 10.6 Å². The molecule has 2 rings (SSSR count). The molecule has 1 aromatic carbocycles. The Morgan fingerprint density at radius 1 is 1.52 bits per heavy atom. The number of aromatic amines is 1. The Balaban J connectivity index is 2.18. The molecule has 0 bridgehead atoms. The van der Waals surface area contributed by atoms with Gasteiger partial charge in [0.05, 0.1) is 23.3 Å². The number of nitro groups is 1. The van der Waals surface area contributed by atoms with Gasteiger partial charge in [-0.15, -0.1) is 0 Å². The molecular formula is C12H9Cl2N5O4. The van der Waals surface area contributed by atoms with Crippen molar-refractivity contribution in [2.24, 2.45) is 5.10 Å². The summed E-state index contributed by atoms with van der Waals surface area (Å²) in [4.78, 5) is 21.8. The summed E-state index contributed by atoms with van der Waals surface area (Å²) in [6.07, 6.45) is 2.18. The molecule has 0 saturated heterocycles. The lowest BCUT2D eigenvalue weighted by molar-refractivity contribution is -0.385. The number of hydrogen-bond donors (Lipinski definition) is 2. The summed E-state index contributed by atoms with van der Waals surface area (Å²) in [5.74, 6) is -0.501. The zero-order chi connectivity index (χ0) is 17.0. The summed E-state index contributed by atoms with van der Waals surface area (Å²) < 4.78 is 5.11. The van der Waals surface area contributed by atoms with Crippen LogP contribution in [0.15, 0.2) is 23.4 Å². The molecule has 0 unspecified atom stereocenters. The van der Waals surface area contributed by atoms with Crippen LogP contribution in [0.3, 0.4) is 0 Å². The molecule has 0 atom stereocenters. The lowest BCUT2D eigenvalue weighted by atomic mass is 10.2. The first-order valence-electron chi connectivity index (χ1n) is 5.98. The molecule has 0 aliphatic rings. The van der Waals surface area contributed by atoms with E-state index in [0.29, 0.717) is 16.3 Å². The van der Waals surface area contributed by atoms with E-state index in [-0.39, 0.29) is 10.7 Å². The molecule has 0 spiro atoms. The van der Waals surface area contributed by atoms with Crippen molar-refractivity contribution in [1.29, 1.82) is 0 Å². The van der Waals surface area contributed by atoms with E-state index in [1.165, 1.54) is 25.5 Å². The van der Waals surface area contributed by atoms with E-state index in [0.717, 1.165) is 6.20 Å². The number of H-pyrrole nitrogens is 1. The maximum Gasteiger partial charge on any atom is 0.319 e. The highest BCUT2D eigenvalue weighted by Gasteiger charge is 2.22. The minimum Gasteiger partial charge on any atom is -0.495 e. The number of hydrogen-bond acceptors (Lipinski definition) is 6. The molecule has 0 fully saturated rings. The number of rotatable bonds is 5. The lowest BCUT2D eigenvalue weighted by Crippen LogP contribution is -2.19. The summed E-state index contributed by atoms with van der Waals surface area (Å²) in [6.45, 7) is 0. The number of hydrazone groups is 1. The first-order chi connectivity index (χ1) is 10.9. The van der Waals surface area contributed by atoms with Crippen LogP contribution in [0, 0.1) is 10.1 Å². The Kier molecular flexibility index (Phi) is 5.14. The molecule has 0 radical (unpaired) electrons. The fourth-order valence-corrected chi connectivity index (χ4v) is 2.28. The van der Waals surface area contributed by atoms with Crippen LogP contribution >= 0.6 is 23.2 Å². The van der Waals surface area contributed by atoms with Gasteiger partial charge in [0.2, 0.25) is 5.69 Å². The van der Waals surface area contributed by atoms with Gasteiger partial charge in [-0.3, -0.25) is 20.0 Å². The van der Waals surface area contributed by atoms with E-state index in [4.69, 9.17) is 27.9 Å². The van der Waals surface area contributed by atoms with Crippen LogP contribution in [0.4, 0.5) is 5.69 Å². The molecule has 9 nitrogen and oxygen atoms in total. The highest BCUT2D eigenvalue weighted by molar-refractivity contribution is 6.36. The van der Waals surface area contributed by atoms with Crippen LogP contribution in [0.2, 0.25) is 10.0 Å². The van der Waals surface area contributed by atoms with E-state index in [1.807, 2.05) is 0 Å². The van der Waals surface area contributed by atoms with Crippen LogP contribution in [0.25, 0.3) is 0 Å². The van der Waals surface area contributed by atoms with Crippen LogP contribution in [0.5, 0.6) is 5.75 Å². The van der Waals surface area contributed by atoms with Crippen LogP contribution in [0.1, 0.15) is 16.1 Å². The van der Waals surface area contributed by atoms with Crippen molar-refractivity contribution >= 4 is 41.0 Å². The Bertz CT molecular complexity index is 790. The number of nitrogens with zero attached hydrogens (tertiary/aromatic N) is 3. The molecule has 0 saturated carbocycles. The normalized spacial score (nSPS) is 10.7. The quantitative estimate of drug-likeness (QED) is 0.483. The Hall–Kier alpha value is -2.65. The van der Waals surface area contributed by atoms with Gasteiger partial charge in [-0.05, 0) is 12.1 Å². The number of carbonyl (C=O) groups excluding carboxylic acids is 1. The van der Waals surface area contributed by atoms with Crippen molar-refractivity contribution in [2.75, 3.05) is 7.11 Å². The summed E-state index contributed by atoms with van der Waals surface area (Å²) >= 11 is 11.8. The summed E-state index contributed by atoms with van der Waals surface area (Å²) in [5, 5.41) is 20.7. The lowest BCUT2D eigenvalue weighted by Gasteiger charge is -2.07. The average molecular weight is 358 g/mol. The van der Waals surface area contributed by atoms with Gasteiger partial charge < -0.3 is 4.74 Å². The second kappa shape index (κ2) is 7.07. The van der Waals surface area contributed by atoms with Crippen LogP contribution in [-0.4, -0.2) is 34.4 Å². The largest absolute Gasteiger partial charge is 0.495 e. The highest BCUT2D eigenvalue weighted by Crippen LogP contribution is 2.31. The number of aromatic nitrogens is 2. The second-order valence-corrected chi connectivity index (χ2v) is 4.94. The van der Waals surface area contributed by atoms with Crippen molar-refractivity contribution in [3.8, 4) is 5.75 Å². The third-order valence-corrected chi connectivity index (χ3v) is 3.15. The minimum atomic E-state index is -0.822. The first kappa shape index (κ1) is 16.7. The molecule has 0 aliphatic carbocycles. The van der Waals surface area contributed by atoms with Crippen molar-refractivity contribution in [2.45, 2.75) is 0 Å². The molecule has 2 aromatic rings. The number of nitrogens with one attached hydrogen (secondary N) is 2. The number of amides is 1. The second-order valence-electron chi connectivity index (χ2n) is 4.10. The number of ether oxygens (including phenoxy) is 1. The molecule has 11 heteroatoms. The fourth-order valence-electron chi connectivity index (χ4n) is 1.69. The van der Waals surface area contributed by atoms with Gasteiger partial charge in [-0.2, -0.15) is 10.2 Å². The monoisotopic (exact) mass is 357 g/mol. The smallest absolute Gasteiger partial charge is 0.319 e. The van der Waals surface area contributed by atoms with Crippen molar-refractivity contribution < 1.29 is 14.5 Å². The molecule has 23 heavy (non-hydrogen) atoms. The summed E-state index contributed by atoms with van der Waals surface area (Å²) in [7, 11) is 1.42. The van der Waals surface area contributed by atoms with Gasteiger partial charge >= 0.3 is 5.69 Å². The Morgan fingerprint density at radius 2 is 2.26 bits per heavy atom. The minimum absolute atomic E-state index is 0.275. The third-order valence-electron chi connectivity index (χ3n) is 2.65. The zero-order valence-electron chi connectivity index (χ0n) is 11.5. The summed E-state index contributed by atoms with van der Waals surface area (Å²) in [5.41, 5.74) is 1.78. The third kappa shape index (κ3) is 3.76. The van der Waals surface area contributed by atoms with Crippen molar-refractivity contribution in [3.63, 3.8) is 0 Å². The molecule has 120 valence electrons. The standard InChI is InChI=1S/C12H9Cl2N5O4/c1-23-11-6(2-7(13)3-8(11)14)4-15-18-12(20)10-9(19(21)22)5-16-17-10/h2-5H,1H3,(H,16,17)(H,18,20). The van der Waals surface area contributed by atoms with Crippen LogP contribution in [-0.2, 0) is 0 Å². The maximum atomic E-state index is 11.8.